The Morgan fingerprint density at radius 3 is 2.77 bits per heavy atom. The minimum atomic E-state index is 0.663. The number of H-pyrrole nitrogens is 2. The maximum Gasteiger partial charge on any atom is 0.181 e. The van der Waals surface area contributed by atoms with Crippen molar-refractivity contribution in [2.75, 3.05) is 7.11 Å². The van der Waals surface area contributed by atoms with Crippen LogP contribution in [0.15, 0.2) is 55.2 Å². The molecule has 5 aromatic heterocycles. The van der Waals surface area contributed by atoms with Gasteiger partial charge in [0.15, 0.2) is 5.65 Å². The smallest absolute Gasteiger partial charge is 0.181 e. The molecular formula is C19H14N6O. The van der Waals surface area contributed by atoms with Crippen molar-refractivity contribution in [3.63, 3.8) is 0 Å². The summed E-state index contributed by atoms with van der Waals surface area (Å²) in [5.74, 6) is 0.707. The second-order valence-electron chi connectivity index (χ2n) is 5.95. The van der Waals surface area contributed by atoms with Crippen molar-refractivity contribution in [2.24, 2.45) is 0 Å². The van der Waals surface area contributed by atoms with Crippen LogP contribution in [0.4, 0.5) is 0 Å². The van der Waals surface area contributed by atoms with Gasteiger partial charge in [-0.05, 0) is 24.3 Å². The van der Waals surface area contributed by atoms with E-state index in [2.05, 4.69) is 42.3 Å². The Bertz CT molecular complexity index is 1210. The molecule has 0 amide bonds. The maximum atomic E-state index is 5.26. The minimum absolute atomic E-state index is 0.663. The second-order valence-corrected chi connectivity index (χ2v) is 5.95. The summed E-state index contributed by atoms with van der Waals surface area (Å²) in [6.07, 6.45) is 8.85. The van der Waals surface area contributed by atoms with Gasteiger partial charge >= 0.3 is 0 Å². The third-order valence-corrected chi connectivity index (χ3v) is 4.39. The summed E-state index contributed by atoms with van der Waals surface area (Å²) in [7, 11) is 1.63. The molecule has 0 atom stereocenters. The predicted octanol–water partition coefficient (Wildman–Crippen LogP) is 3.57. The molecule has 2 N–H and O–H groups in total. The molecule has 7 nitrogen and oxygen atoms in total. The van der Waals surface area contributed by atoms with Gasteiger partial charge in [0.2, 0.25) is 0 Å². The molecule has 0 radical (unpaired) electrons. The Hall–Kier alpha value is -3.74. The molecule has 0 aliphatic carbocycles. The zero-order valence-corrected chi connectivity index (χ0v) is 13.9. The zero-order valence-electron chi connectivity index (χ0n) is 13.9. The lowest BCUT2D eigenvalue weighted by Gasteiger charge is -2.04. The SMILES string of the molecule is COc1cncc(-c2cnc3n[nH]c(-c4cc5ccncc5[nH]4)c3c2)c1. The molecule has 0 saturated carbocycles. The van der Waals surface area contributed by atoms with Gasteiger partial charge < -0.3 is 9.72 Å². The molecule has 7 heteroatoms. The first-order valence-corrected chi connectivity index (χ1v) is 8.08. The highest BCUT2D eigenvalue weighted by Gasteiger charge is 2.13. The van der Waals surface area contributed by atoms with E-state index in [9.17, 15) is 0 Å². The number of fused-ring (bicyclic) bond motifs is 2. The van der Waals surface area contributed by atoms with E-state index >= 15 is 0 Å². The lowest BCUT2D eigenvalue weighted by molar-refractivity contribution is 0.413. The lowest BCUT2D eigenvalue weighted by Crippen LogP contribution is -1.87. The molecule has 0 aliphatic heterocycles. The van der Waals surface area contributed by atoms with Crippen LogP contribution in [0.2, 0.25) is 0 Å². The fraction of sp³-hybridized carbons (Fsp3) is 0.0526. The van der Waals surface area contributed by atoms with Crippen LogP contribution in [0, 0.1) is 0 Å². The molecule has 0 bridgehead atoms. The number of aromatic nitrogens is 6. The van der Waals surface area contributed by atoms with Gasteiger partial charge in [0, 0.05) is 40.5 Å². The van der Waals surface area contributed by atoms with Crippen LogP contribution < -0.4 is 4.74 Å². The van der Waals surface area contributed by atoms with Crippen molar-refractivity contribution in [3.8, 4) is 28.3 Å². The first-order valence-electron chi connectivity index (χ1n) is 8.08. The van der Waals surface area contributed by atoms with Crippen molar-refractivity contribution in [2.45, 2.75) is 0 Å². The Labute approximate surface area is 148 Å². The molecule has 0 fully saturated rings. The van der Waals surface area contributed by atoms with Gasteiger partial charge in [0.25, 0.3) is 0 Å². The summed E-state index contributed by atoms with van der Waals surface area (Å²) >= 11 is 0. The van der Waals surface area contributed by atoms with Crippen LogP contribution in [-0.2, 0) is 0 Å². The zero-order chi connectivity index (χ0) is 17.5. The van der Waals surface area contributed by atoms with Gasteiger partial charge in [0.05, 0.1) is 36.4 Å². The number of nitrogens with zero attached hydrogens (tertiary/aromatic N) is 4. The fourth-order valence-electron chi connectivity index (χ4n) is 3.06. The van der Waals surface area contributed by atoms with E-state index in [1.54, 1.807) is 31.9 Å². The van der Waals surface area contributed by atoms with E-state index in [0.29, 0.717) is 11.4 Å². The predicted molar refractivity (Wildman–Crippen MR) is 98.8 cm³/mol. The molecule has 0 aromatic carbocycles. The summed E-state index contributed by atoms with van der Waals surface area (Å²) in [6.45, 7) is 0. The Kier molecular flexibility index (Phi) is 3.18. The third kappa shape index (κ3) is 2.29. The summed E-state index contributed by atoms with van der Waals surface area (Å²) in [5.41, 5.74) is 5.36. The number of methoxy groups -OCH3 is 1. The average molecular weight is 342 g/mol. The highest BCUT2D eigenvalue weighted by molar-refractivity contribution is 5.95. The van der Waals surface area contributed by atoms with Gasteiger partial charge in [0.1, 0.15) is 5.75 Å². The van der Waals surface area contributed by atoms with E-state index in [0.717, 1.165) is 38.8 Å². The van der Waals surface area contributed by atoms with Crippen molar-refractivity contribution < 1.29 is 4.74 Å². The molecule has 26 heavy (non-hydrogen) atoms. The van der Waals surface area contributed by atoms with Crippen LogP contribution in [0.25, 0.3) is 44.5 Å². The number of hydrogen-bond donors (Lipinski definition) is 2. The van der Waals surface area contributed by atoms with E-state index in [4.69, 9.17) is 4.74 Å². The Balaban J connectivity index is 1.67. The number of nitrogens with one attached hydrogen (secondary N) is 2. The van der Waals surface area contributed by atoms with Gasteiger partial charge in [-0.2, -0.15) is 5.10 Å². The largest absolute Gasteiger partial charge is 0.495 e. The van der Waals surface area contributed by atoms with E-state index in [1.807, 2.05) is 18.3 Å². The van der Waals surface area contributed by atoms with E-state index in [-0.39, 0.29) is 0 Å². The number of aromatic amines is 2. The van der Waals surface area contributed by atoms with Crippen LogP contribution in [0.1, 0.15) is 0 Å². The van der Waals surface area contributed by atoms with Crippen molar-refractivity contribution in [3.05, 3.63) is 55.2 Å². The molecule has 0 aliphatic rings. The maximum absolute atomic E-state index is 5.26. The molecule has 0 unspecified atom stereocenters. The van der Waals surface area contributed by atoms with Crippen LogP contribution in [-0.4, -0.2) is 37.2 Å². The lowest BCUT2D eigenvalue weighted by atomic mass is 10.1. The first kappa shape index (κ1) is 14.6. The average Bonchev–Trinajstić information content (AvgIpc) is 3.31. The molecule has 126 valence electrons. The van der Waals surface area contributed by atoms with Crippen LogP contribution in [0.3, 0.4) is 0 Å². The first-order chi connectivity index (χ1) is 12.8. The second kappa shape index (κ2) is 5.66. The number of ether oxygens (including phenoxy) is 1. The van der Waals surface area contributed by atoms with Gasteiger partial charge in [-0.3, -0.25) is 15.1 Å². The standard InChI is InChI=1S/C19H14N6O/c1-26-14-4-12(7-21-9-14)13-5-15-18(24-25-19(15)22-8-13)16-6-11-2-3-20-10-17(11)23-16/h2-10,23H,1H3,(H,22,24,25). The summed E-state index contributed by atoms with van der Waals surface area (Å²) in [5, 5.41) is 9.44. The molecule has 0 saturated heterocycles. The van der Waals surface area contributed by atoms with Crippen molar-refractivity contribution in [1.29, 1.82) is 0 Å². The minimum Gasteiger partial charge on any atom is -0.495 e. The molecule has 0 spiro atoms. The number of rotatable bonds is 3. The topological polar surface area (TPSA) is 92.4 Å². The summed E-state index contributed by atoms with van der Waals surface area (Å²) in [6, 6.07) is 8.04. The van der Waals surface area contributed by atoms with E-state index < -0.39 is 0 Å². The van der Waals surface area contributed by atoms with Crippen LogP contribution >= 0.6 is 0 Å². The van der Waals surface area contributed by atoms with Gasteiger partial charge in [-0.1, -0.05) is 0 Å². The highest BCUT2D eigenvalue weighted by atomic mass is 16.5. The number of pyridine rings is 3. The quantitative estimate of drug-likeness (QED) is 0.523. The van der Waals surface area contributed by atoms with Gasteiger partial charge in [-0.15, -0.1) is 0 Å². The molecule has 5 aromatic rings. The molecular weight excluding hydrogens is 328 g/mol. The number of hydrogen-bond acceptors (Lipinski definition) is 5. The Morgan fingerprint density at radius 1 is 0.962 bits per heavy atom. The Morgan fingerprint density at radius 2 is 1.88 bits per heavy atom. The fourth-order valence-corrected chi connectivity index (χ4v) is 3.06. The molecule has 5 heterocycles. The van der Waals surface area contributed by atoms with Crippen molar-refractivity contribution >= 4 is 21.9 Å². The van der Waals surface area contributed by atoms with Gasteiger partial charge in [-0.25, -0.2) is 4.98 Å². The highest BCUT2D eigenvalue weighted by Crippen LogP contribution is 2.31. The monoisotopic (exact) mass is 342 g/mol. The van der Waals surface area contributed by atoms with E-state index in [1.165, 1.54) is 0 Å². The van der Waals surface area contributed by atoms with Crippen molar-refractivity contribution in [1.82, 2.24) is 30.1 Å². The summed E-state index contributed by atoms with van der Waals surface area (Å²) < 4.78 is 5.26. The molecule has 5 rings (SSSR count). The normalized spacial score (nSPS) is 11.3. The van der Waals surface area contributed by atoms with Crippen LogP contribution in [0.5, 0.6) is 5.75 Å². The summed E-state index contributed by atoms with van der Waals surface area (Å²) in [4.78, 5) is 16.2. The third-order valence-electron chi connectivity index (χ3n) is 4.39.